The zero-order valence-electron chi connectivity index (χ0n) is 17.6. The second kappa shape index (κ2) is 10.3. The van der Waals surface area contributed by atoms with E-state index in [0.717, 1.165) is 42.9 Å². The van der Waals surface area contributed by atoms with Crippen molar-refractivity contribution >= 4 is 17.7 Å². The maximum Gasteiger partial charge on any atom is 0.231 e. The molecule has 0 bridgehead atoms. The molecule has 1 aliphatic rings. The Kier molecular flexibility index (Phi) is 7.79. The van der Waals surface area contributed by atoms with Gasteiger partial charge in [0.25, 0.3) is 0 Å². The Morgan fingerprint density at radius 1 is 1.17 bits per heavy atom. The van der Waals surface area contributed by atoms with Crippen molar-refractivity contribution in [3.05, 3.63) is 71.8 Å². The van der Waals surface area contributed by atoms with Crippen LogP contribution in [0.25, 0.3) is 0 Å². The molecule has 1 heterocycles. The minimum absolute atomic E-state index is 0.104. The molecule has 4 heteroatoms. The number of carbonyl (C=O) groups excluding carboxylic acids is 1. The summed E-state index contributed by atoms with van der Waals surface area (Å²) in [5.41, 5.74) is 1.38. The van der Waals surface area contributed by atoms with Crippen LogP contribution in [-0.2, 0) is 10.5 Å². The maximum atomic E-state index is 13.5. The minimum Gasteiger partial charge on any atom is -0.387 e. The van der Waals surface area contributed by atoms with Crippen LogP contribution in [-0.4, -0.2) is 34.3 Å². The number of rotatable bonds is 9. The van der Waals surface area contributed by atoms with Gasteiger partial charge in [-0.1, -0.05) is 67.6 Å². The van der Waals surface area contributed by atoms with E-state index in [2.05, 4.69) is 29.2 Å². The van der Waals surface area contributed by atoms with Crippen molar-refractivity contribution in [1.82, 2.24) is 4.90 Å². The fourth-order valence-electron chi connectivity index (χ4n) is 4.18. The van der Waals surface area contributed by atoms with E-state index in [1.807, 2.05) is 62.0 Å². The Morgan fingerprint density at radius 3 is 2.48 bits per heavy atom. The van der Waals surface area contributed by atoms with Gasteiger partial charge in [0.05, 0.1) is 11.5 Å². The van der Waals surface area contributed by atoms with Crippen LogP contribution in [0.15, 0.2) is 60.7 Å². The van der Waals surface area contributed by atoms with E-state index in [1.54, 1.807) is 0 Å². The molecule has 3 nitrogen and oxygen atoms in total. The van der Waals surface area contributed by atoms with Crippen LogP contribution in [0, 0.1) is 5.41 Å². The lowest BCUT2D eigenvalue weighted by molar-refractivity contribution is -0.149. The molecule has 0 aliphatic carbocycles. The molecule has 0 unspecified atom stereocenters. The third-order valence-corrected chi connectivity index (χ3v) is 7.35. The largest absolute Gasteiger partial charge is 0.387 e. The molecule has 0 aromatic heterocycles. The molecular weight excluding hydrogens is 378 g/mol. The van der Waals surface area contributed by atoms with Crippen LogP contribution in [0.2, 0.25) is 0 Å². The van der Waals surface area contributed by atoms with Crippen molar-refractivity contribution in [3.63, 3.8) is 0 Å². The number of benzene rings is 2. The van der Waals surface area contributed by atoms with Gasteiger partial charge in [-0.15, -0.1) is 0 Å². The van der Waals surface area contributed by atoms with Crippen molar-refractivity contribution in [2.45, 2.75) is 57.4 Å². The van der Waals surface area contributed by atoms with Gasteiger partial charge in [-0.3, -0.25) is 4.79 Å². The van der Waals surface area contributed by atoms with E-state index in [-0.39, 0.29) is 5.91 Å². The highest BCUT2D eigenvalue weighted by Crippen LogP contribution is 2.40. The zero-order chi connectivity index (χ0) is 20.7. The van der Waals surface area contributed by atoms with E-state index in [1.165, 1.54) is 5.56 Å². The molecule has 2 aromatic rings. The topological polar surface area (TPSA) is 40.5 Å². The number of amides is 1. The molecule has 156 valence electrons. The fraction of sp³-hybridized carbons (Fsp3) is 0.480. The van der Waals surface area contributed by atoms with Gasteiger partial charge in [-0.2, -0.15) is 11.8 Å². The van der Waals surface area contributed by atoms with Gasteiger partial charge in [0.15, 0.2) is 0 Å². The Bertz CT molecular complexity index is 767. The van der Waals surface area contributed by atoms with Gasteiger partial charge in [-0.25, -0.2) is 0 Å². The van der Waals surface area contributed by atoms with Crippen molar-refractivity contribution in [2.75, 3.05) is 12.3 Å². The number of nitrogens with zero attached hydrogens (tertiary/aromatic N) is 1. The van der Waals surface area contributed by atoms with E-state index in [0.29, 0.717) is 12.5 Å². The number of thioether (sulfide) groups is 1. The molecule has 0 radical (unpaired) electrons. The normalized spacial score (nSPS) is 19.7. The van der Waals surface area contributed by atoms with E-state index < -0.39 is 11.5 Å². The lowest BCUT2D eigenvalue weighted by Gasteiger charge is -2.38. The summed E-state index contributed by atoms with van der Waals surface area (Å²) in [5, 5.41) is 11.0. The lowest BCUT2D eigenvalue weighted by Crippen LogP contribution is -2.47. The third-order valence-electron chi connectivity index (χ3n) is 6.29. The smallest absolute Gasteiger partial charge is 0.231 e. The van der Waals surface area contributed by atoms with Gasteiger partial charge < -0.3 is 10.0 Å². The van der Waals surface area contributed by atoms with Crippen molar-refractivity contribution in [3.8, 4) is 0 Å². The molecule has 1 N–H and O–H groups in total. The SMILES string of the molecule is CC[C@@](C)(C(=O)N1CCC[C@H]1CCSCc1ccccc1)[C@@H](O)c1ccccc1. The highest BCUT2D eigenvalue weighted by molar-refractivity contribution is 7.98. The highest BCUT2D eigenvalue weighted by Gasteiger charge is 2.44. The molecule has 1 amide bonds. The minimum atomic E-state index is -0.791. The van der Waals surface area contributed by atoms with Crippen LogP contribution in [0.5, 0.6) is 0 Å². The Labute approximate surface area is 179 Å². The average Bonchev–Trinajstić information content (AvgIpc) is 3.25. The first kappa shape index (κ1) is 21.9. The number of carbonyl (C=O) groups is 1. The monoisotopic (exact) mass is 411 g/mol. The molecule has 0 spiro atoms. The highest BCUT2D eigenvalue weighted by atomic mass is 32.2. The summed E-state index contributed by atoms with van der Waals surface area (Å²) in [4.78, 5) is 15.6. The first-order valence-electron chi connectivity index (χ1n) is 10.7. The number of likely N-dealkylation sites (tertiary alicyclic amines) is 1. The second-order valence-corrected chi connectivity index (χ2v) is 9.31. The Hall–Kier alpha value is -1.78. The van der Waals surface area contributed by atoms with Gasteiger partial charge in [-0.05, 0) is 49.5 Å². The average molecular weight is 412 g/mol. The van der Waals surface area contributed by atoms with Crippen LogP contribution in [0.4, 0.5) is 0 Å². The Morgan fingerprint density at radius 2 is 1.83 bits per heavy atom. The number of hydrogen-bond donors (Lipinski definition) is 1. The van der Waals surface area contributed by atoms with Crippen LogP contribution in [0.1, 0.15) is 56.8 Å². The summed E-state index contributed by atoms with van der Waals surface area (Å²) >= 11 is 1.94. The Balaban J connectivity index is 1.60. The summed E-state index contributed by atoms with van der Waals surface area (Å²) in [6.07, 6.45) is 2.98. The number of aliphatic hydroxyl groups excluding tert-OH is 1. The summed E-state index contributed by atoms with van der Waals surface area (Å²) in [6.45, 7) is 4.74. The van der Waals surface area contributed by atoms with Gasteiger partial charge in [0.2, 0.25) is 5.91 Å². The maximum absolute atomic E-state index is 13.5. The molecule has 1 aliphatic heterocycles. The number of hydrogen-bond acceptors (Lipinski definition) is 3. The third kappa shape index (κ3) is 5.23. The van der Waals surface area contributed by atoms with E-state index in [9.17, 15) is 9.90 Å². The molecule has 0 saturated carbocycles. The molecule has 29 heavy (non-hydrogen) atoms. The van der Waals surface area contributed by atoms with E-state index in [4.69, 9.17) is 0 Å². The van der Waals surface area contributed by atoms with Crippen LogP contribution in [0.3, 0.4) is 0 Å². The molecule has 3 rings (SSSR count). The standard InChI is InChI=1S/C25H33NO2S/c1-3-25(2,23(27)21-13-8-5-9-14-21)24(28)26-17-10-15-22(26)16-18-29-19-20-11-6-4-7-12-20/h4-9,11-14,22-23,27H,3,10,15-19H2,1-2H3/t22-,23-,25+/m0/s1. The first-order chi connectivity index (χ1) is 14.1. The predicted octanol–water partition coefficient (Wildman–Crippen LogP) is 5.45. The van der Waals surface area contributed by atoms with Crippen LogP contribution >= 0.6 is 11.8 Å². The number of aliphatic hydroxyl groups is 1. The summed E-state index contributed by atoms with van der Waals surface area (Å²) < 4.78 is 0. The van der Waals surface area contributed by atoms with E-state index >= 15 is 0 Å². The first-order valence-corrected chi connectivity index (χ1v) is 11.9. The lowest BCUT2D eigenvalue weighted by atomic mass is 9.77. The molecule has 1 saturated heterocycles. The van der Waals surface area contributed by atoms with Crippen molar-refractivity contribution in [1.29, 1.82) is 0 Å². The van der Waals surface area contributed by atoms with Gasteiger partial charge in [0, 0.05) is 18.3 Å². The van der Waals surface area contributed by atoms with Crippen LogP contribution < -0.4 is 0 Å². The van der Waals surface area contributed by atoms with Gasteiger partial charge >= 0.3 is 0 Å². The molecular formula is C25H33NO2S. The zero-order valence-corrected chi connectivity index (χ0v) is 18.4. The molecule has 1 fully saturated rings. The predicted molar refractivity (Wildman–Crippen MR) is 122 cm³/mol. The fourth-order valence-corrected chi connectivity index (χ4v) is 5.19. The second-order valence-electron chi connectivity index (χ2n) is 8.21. The van der Waals surface area contributed by atoms with Crippen molar-refractivity contribution in [2.24, 2.45) is 5.41 Å². The van der Waals surface area contributed by atoms with Crippen molar-refractivity contribution < 1.29 is 9.90 Å². The quantitative estimate of drug-likeness (QED) is 0.558. The summed E-state index contributed by atoms with van der Waals surface area (Å²) in [7, 11) is 0. The van der Waals surface area contributed by atoms with Gasteiger partial charge in [0.1, 0.15) is 0 Å². The summed E-state index contributed by atoms with van der Waals surface area (Å²) in [6, 6.07) is 20.4. The molecule has 2 aromatic carbocycles. The summed E-state index contributed by atoms with van der Waals surface area (Å²) in [5.74, 6) is 2.17. The molecule has 3 atom stereocenters.